The van der Waals surface area contributed by atoms with Gasteiger partial charge in [0.2, 0.25) is 0 Å². The van der Waals surface area contributed by atoms with Crippen molar-refractivity contribution >= 4 is 0 Å². The fraction of sp³-hybridized carbons (Fsp3) is 0.846. The van der Waals surface area contributed by atoms with Crippen molar-refractivity contribution in [3.8, 4) is 11.8 Å². The first kappa shape index (κ1) is 14.5. The summed E-state index contributed by atoms with van der Waals surface area (Å²) in [5.41, 5.74) is 6.33. The van der Waals surface area contributed by atoms with Crippen molar-refractivity contribution in [3.63, 3.8) is 0 Å². The van der Waals surface area contributed by atoms with Gasteiger partial charge in [-0.15, -0.1) is 11.8 Å². The fourth-order valence-electron chi connectivity index (χ4n) is 2.10. The summed E-state index contributed by atoms with van der Waals surface area (Å²) in [4.78, 5) is 2.44. The zero-order chi connectivity index (χ0) is 11.9. The number of hydrogen-bond donors (Lipinski definition) is 1. The van der Waals surface area contributed by atoms with Gasteiger partial charge in [0.25, 0.3) is 0 Å². The first-order valence-electron chi connectivity index (χ1n) is 5.96. The van der Waals surface area contributed by atoms with Gasteiger partial charge in [0.1, 0.15) is 0 Å². The lowest BCUT2D eigenvalue weighted by atomic mass is 9.86. The minimum absolute atomic E-state index is 0.0767. The Morgan fingerprint density at radius 3 is 2.13 bits per heavy atom. The predicted octanol–water partition coefficient (Wildman–Crippen LogP) is 2.24. The molecule has 0 bridgehead atoms. The molecule has 2 unspecified atom stereocenters. The van der Waals surface area contributed by atoms with Crippen LogP contribution in [0.2, 0.25) is 0 Å². The number of likely N-dealkylation sites (N-methyl/N-ethyl adjacent to an activating group) is 1. The average molecular weight is 210 g/mol. The van der Waals surface area contributed by atoms with Crippen LogP contribution in [-0.4, -0.2) is 29.6 Å². The van der Waals surface area contributed by atoms with Crippen LogP contribution >= 0.6 is 0 Å². The van der Waals surface area contributed by atoms with Crippen LogP contribution in [0.4, 0.5) is 0 Å². The van der Waals surface area contributed by atoms with Gasteiger partial charge in [-0.25, -0.2) is 0 Å². The van der Waals surface area contributed by atoms with E-state index in [9.17, 15) is 0 Å². The van der Waals surface area contributed by atoms with Crippen LogP contribution in [-0.2, 0) is 0 Å². The second kappa shape index (κ2) is 6.87. The quantitative estimate of drug-likeness (QED) is 0.681. The van der Waals surface area contributed by atoms with E-state index >= 15 is 0 Å². The highest BCUT2D eigenvalue weighted by Gasteiger charge is 2.33. The van der Waals surface area contributed by atoms with E-state index in [2.05, 4.69) is 44.4 Å². The second-order valence-corrected chi connectivity index (χ2v) is 4.12. The highest BCUT2D eigenvalue weighted by molar-refractivity contribution is 5.04. The molecule has 0 radical (unpaired) electrons. The molecule has 2 atom stereocenters. The van der Waals surface area contributed by atoms with E-state index in [4.69, 9.17) is 5.73 Å². The highest BCUT2D eigenvalue weighted by Crippen LogP contribution is 2.23. The molecule has 0 spiro atoms. The Bertz CT molecular complexity index is 222. The van der Waals surface area contributed by atoms with E-state index in [0.29, 0.717) is 0 Å². The summed E-state index contributed by atoms with van der Waals surface area (Å²) in [6, 6.07) is 0.134. The van der Waals surface area contributed by atoms with Gasteiger partial charge >= 0.3 is 0 Å². The van der Waals surface area contributed by atoms with Gasteiger partial charge in [0.05, 0.1) is 0 Å². The van der Waals surface area contributed by atoms with Gasteiger partial charge in [-0.3, -0.25) is 4.90 Å². The number of nitrogens with two attached hydrogens (primary N) is 1. The molecule has 88 valence electrons. The Kier molecular flexibility index (Phi) is 6.63. The minimum atomic E-state index is 0.0767. The summed E-state index contributed by atoms with van der Waals surface area (Å²) in [6.45, 7) is 12.8. The molecule has 0 amide bonds. The molecule has 0 heterocycles. The monoisotopic (exact) mass is 210 g/mol. The van der Waals surface area contributed by atoms with Gasteiger partial charge < -0.3 is 5.73 Å². The highest BCUT2D eigenvalue weighted by atomic mass is 15.2. The zero-order valence-corrected chi connectivity index (χ0v) is 10.9. The van der Waals surface area contributed by atoms with Crippen molar-refractivity contribution in [1.29, 1.82) is 0 Å². The molecule has 15 heavy (non-hydrogen) atoms. The Labute approximate surface area is 95.2 Å². The lowest BCUT2D eigenvalue weighted by Crippen LogP contribution is -2.57. The van der Waals surface area contributed by atoms with Gasteiger partial charge in [0.15, 0.2) is 0 Å². The van der Waals surface area contributed by atoms with E-state index in [1.165, 1.54) is 0 Å². The van der Waals surface area contributed by atoms with E-state index in [1.54, 1.807) is 0 Å². The molecule has 0 saturated heterocycles. The molecule has 0 aromatic rings. The first-order valence-corrected chi connectivity index (χ1v) is 5.96. The summed E-state index contributed by atoms with van der Waals surface area (Å²) in [7, 11) is 0. The normalized spacial score (nSPS) is 16.7. The van der Waals surface area contributed by atoms with Gasteiger partial charge in [-0.1, -0.05) is 20.8 Å². The maximum Gasteiger partial charge on any atom is 0.0338 e. The van der Waals surface area contributed by atoms with Crippen molar-refractivity contribution in [2.24, 2.45) is 5.73 Å². The molecular formula is C13H26N2. The summed E-state index contributed by atoms with van der Waals surface area (Å²) in [6.07, 6.45) is 1.86. The number of rotatable bonds is 6. The maximum absolute atomic E-state index is 6.26. The molecule has 2 N–H and O–H groups in total. The van der Waals surface area contributed by atoms with E-state index < -0.39 is 0 Å². The summed E-state index contributed by atoms with van der Waals surface area (Å²) in [5.74, 6) is 6.01. The SMILES string of the molecule is CC#CCC(N)C(C)(CC)N(CC)CC. The largest absolute Gasteiger partial charge is 0.325 e. The predicted molar refractivity (Wildman–Crippen MR) is 67.7 cm³/mol. The van der Waals surface area contributed by atoms with Gasteiger partial charge in [0, 0.05) is 18.0 Å². The third-order valence-electron chi connectivity index (χ3n) is 3.50. The average Bonchev–Trinajstić information content (AvgIpc) is 2.26. The Balaban J connectivity index is 4.69. The minimum Gasteiger partial charge on any atom is -0.325 e. The number of hydrogen-bond acceptors (Lipinski definition) is 2. The first-order chi connectivity index (χ1) is 7.06. The van der Waals surface area contributed by atoms with Crippen molar-refractivity contribution in [3.05, 3.63) is 0 Å². The van der Waals surface area contributed by atoms with Crippen molar-refractivity contribution in [2.75, 3.05) is 13.1 Å². The lowest BCUT2D eigenvalue weighted by molar-refractivity contribution is 0.0861. The molecule has 2 nitrogen and oxygen atoms in total. The number of nitrogens with zero attached hydrogens (tertiary/aromatic N) is 1. The smallest absolute Gasteiger partial charge is 0.0338 e. The van der Waals surface area contributed by atoms with E-state index in [-0.39, 0.29) is 11.6 Å². The summed E-state index contributed by atoms with van der Waals surface area (Å²) >= 11 is 0. The van der Waals surface area contributed by atoms with E-state index in [1.807, 2.05) is 6.92 Å². The molecule has 0 aliphatic rings. The Hall–Kier alpha value is -0.520. The molecule has 0 rings (SSSR count). The topological polar surface area (TPSA) is 29.3 Å². The van der Waals surface area contributed by atoms with Crippen molar-refractivity contribution in [2.45, 2.75) is 59.0 Å². The molecule has 2 heteroatoms. The molecule has 0 aromatic heterocycles. The van der Waals surface area contributed by atoms with Gasteiger partial charge in [-0.05, 0) is 33.4 Å². The molecule has 0 aromatic carbocycles. The van der Waals surface area contributed by atoms with Crippen LogP contribution in [0.25, 0.3) is 0 Å². The van der Waals surface area contributed by atoms with Gasteiger partial charge in [-0.2, -0.15) is 0 Å². The standard InChI is InChI=1S/C13H26N2/c1-6-10-11-12(14)13(5,7-2)15(8-3)9-4/h12H,7-9,11,14H2,1-5H3. The van der Waals surface area contributed by atoms with E-state index in [0.717, 1.165) is 25.9 Å². The molecule has 0 fully saturated rings. The zero-order valence-electron chi connectivity index (χ0n) is 10.9. The van der Waals surface area contributed by atoms with Crippen LogP contribution in [0.1, 0.15) is 47.5 Å². The third-order valence-corrected chi connectivity index (χ3v) is 3.50. The van der Waals surface area contributed by atoms with Crippen LogP contribution in [0, 0.1) is 11.8 Å². The molecule has 0 saturated carbocycles. The second-order valence-electron chi connectivity index (χ2n) is 4.12. The Morgan fingerprint density at radius 2 is 1.80 bits per heavy atom. The van der Waals surface area contributed by atoms with Crippen LogP contribution < -0.4 is 5.73 Å². The lowest BCUT2D eigenvalue weighted by Gasteiger charge is -2.43. The molecule has 0 aliphatic heterocycles. The summed E-state index contributed by atoms with van der Waals surface area (Å²) in [5, 5.41) is 0. The van der Waals surface area contributed by atoms with Crippen molar-refractivity contribution in [1.82, 2.24) is 4.90 Å². The maximum atomic E-state index is 6.26. The molecule has 0 aliphatic carbocycles. The summed E-state index contributed by atoms with van der Waals surface area (Å²) < 4.78 is 0. The van der Waals surface area contributed by atoms with Crippen molar-refractivity contribution < 1.29 is 0 Å². The molecular weight excluding hydrogens is 184 g/mol. The van der Waals surface area contributed by atoms with Crippen LogP contribution in [0.3, 0.4) is 0 Å². The van der Waals surface area contributed by atoms with Crippen LogP contribution in [0.5, 0.6) is 0 Å². The third kappa shape index (κ3) is 3.52. The van der Waals surface area contributed by atoms with Crippen LogP contribution in [0.15, 0.2) is 0 Å². The fourth-order valence-corrected chi connectivity index (χ4v) is 2.10. The Morgan fingerprint density at radius 1 is 1.27 bits per heavy atom.